The first-order valence-corrected chi connectivity index (χ1v) is 8.44. The molecule has 6 heteroatoms. The number of nitrogens with one attached hydrogen (secondary N) is 2. The van der Waals surface area contributed by atoms with Crippen LogP contribution in [0.1, 0.15) is 27.2 Å². The maximum atomic E-state index is 12.0. The van der Waals surface area contributed by atoms with E-state index < -0.39 is 0 Å². The molecule has 23 heavy (non-hydrogen) atoms. The molecule has 1 heterocycles. The van der Waals surface area contributed by atoms with E-state index in [2.05, 4.69) is 29.4 Å². The molecule has 0 aliphatic carbocycles. The lowest BCUT2D eigenvalue weighted by atomic mass is 10.1. The summed E-state index contributed by atoms with van der Waals surface area (Å²) >= 11 is 6.10. The molecule has 0 spiro atoms. The monoisotopic (exact) mass is 339 g/mol. The van der Waals surface area contributed by atoms with E-state index in [1.165, 1.54) is 0 Å². The molecule has 1 aliphatic rings. The van der Waals surface area contributed by atoms with Crippen LogP contribution < -0.4 is 20.3 Å². The molecule has 1 saturated heterocycles. The Hall–Kier alpha value is -1.62. The van der Waals surface area contributed by atoms with Gasteiger partial charge in [0.05, 0.1) is 12.8 Å². The number of carbonyl (C=O) groups excluding carboxylic acids is 1. The number of urea groups is 1. The second-order valence-electron chi connectivity index (χ2n) is 6.40. The molecule has 0 aromatic heterocycles. The van der Waals surface area contributed by atoms with E-state index in [4.69, 9.17) is 16.3 Å². The molecule has 128 valence electrons. The van der Waals surface area contributed by atoms with Crippen LogP contribution in [0.5, 0.6) is 5.75 Å². The summed E-state index contributed by atoms with van der Waals surface area (Å²) in [6.45, 7) is 7.81. The molecule has 0 saturated carbocycles. The van der Waals surface area contributed by atoms with E-state index in [1.54, 1.807) is 7.11 Å². The fourth-order valence-electron chi connectivity index (χ4n) is 2.61. The third-order valence-electron chi connectivity index (χ3n) is 4.36. The number of halogens is 1. The van der Waals surface area contributed by atoms with E-state index in [-0.39, 0.29) is 18.1 Å². The highest BCUT2D eigenvalue weighted by molar-refractivity contribution is 6.30. The topological polar surface area (TPSA) is 53.6 Å². The predicted molar refractivity (Wildman–Crippen MR) is 94.6 cm³/mol. The number of benzene rings is 1. The molecular weight excluding hydrogens is 314 g/mol. The van der Waals surface area contributed by atoms with Crippen molar-refractivity contribution in [2.24, 2.45) is 5.92 Å². The summed E-state index contributed by atoms with van der Waals surface area (Å²) in [4.78, 5) is 14.2. The van der Waals surface area contributed by atoms with Crippen molar-refractivity contribution < 1.29 is 9.53 Å². The summed E-state index contributed by atoms with van der Waals surface area (Å²) in [5.74, 6) is 1.21. The summed E-state index contributed by atoms with van der Waals surface area (Å²) in [6, 6.07) is 5.77. The Bertz CT molecular complexity index is 551. The number of rotatable bonds is 5. The lowest BCUT2D eigenvalue weighted by Gasteiger charge is -2.23. The molecule has 0 bridgehead atoms. The van der Waals surface area contributed by atoms with Crippen LogP contribution in [0.15, 0.2) is 18.2 Å². The fraction of sp³-hybridized carbons (Fsp3) is 0.588. The van der Waals surface area contributed by atoms with Crippen LogP contribution in [0, 0.1) is 5.92 Å². The van der Waals surface area contributed by atoms with E-state index in [9.17, 15) is 4.79 Å². The van der Waals surface area contributed by atoms with Gasteiger partial charge < -0.3 is 20.3 Å². The number of nitrogens with zero attached hydrogens (tertiary/aromatic N) is 1. The first-order chi connectivity index (χ1) is 10.9. The standard InChI is InChI=1S/C17H26ClN3O2/c1-11(2)12(3)19-17(22)20-14-7-8-21(10-14)15-9-13(18)5-6-16(15)23-4/h5-6,9,11-12,14H,7-8,10H2,1-4H3,(H2,19,20,22). The molecule has 2 atom stereocenters. The first kappa shape index (κ1) is 17.7. The second-order valence-corrected chi connectivity index (χ2v) is 6.83. The second kappa shape index (κ2) is 7.77. The molecule has 2 amide bonds. The Morgan fingerprint density at radius 3 is 2.78 bits per heavy atom. The molecule has 5 nitrogen and oxygen atoms in total. The van der Waals surface area contributed by atoms with Gasteiger partial charge in [0.1, 0.15) is 5.75 Å². The van der Waals surface area contributed by atoms with Crippen LogP contribution in [-0.4, -0.2) is 38.3 Å². The lowest BCUT2D eigenvalue weighted by Crippen LogP contribution is -2.47. The zero-order valence-corrected chi connectivity index (χ0v) is 15.0. The van der Waals surface area contributed by atoms with Gasteiger partial charge in [0.25, 0.3) is 0 Å². The normalized spacial score (nSPS) is 18.9. The number of ether oxygens (including phenoxy) is 1. The van der Waals surface area contributed by atoms with Crippen LogP contribution >= 0.6 is 11.6 Å². The lowest BCUT2D eigenvalue weighted by molar-refractivity contribution is 0.231. The molecule has 0 radical (unpaired) electrons. The summed E-state index contributed by atoms with van der Waals surface area (Å²) in [6.07, 6.45) is 0.902. The Kier molecular flexibility index (Phi) is 5.99. The Morgan fingerprint density at radius 2 is 2.13 bits per heavy atom. The quantitative estimate of drug-likeness (QED) is 0.865. The van der Waals surface area contributed by atoms with Gasteiger partial charge in [-0.2, -0.15) is 0 Å². The van der Waals surface area contributed by atoms with Gasteiger partial charge >= 0.3 is 6.03 Å². The molecular formula is C17H26ClN3O2. The number of anilines is 1. The van der Waals surface area contributed by atoms with Gasteiger partial charge in [0.2, 0.25) is 0 Å². The minimum Gasteiger partial charge on any atom is -0.495 e. The van der Waals surface area contributed by atoms with Crippen molar-refractivity contribution in [1.82, 2.24) is 10.6 Å². The number of amides is 2. The molecule has 1 aromatic rings. The van der Waals surface area contributed by atoms with Crippen molar-refractivity contribution in [3.05, 3.63) is 23.2 Å². The van der Waals surface area contributed by atoms with Gasteiger partial charge in [-0.05, 0) is 37.5 Å². The SMILES string of the molecule is COc1ccc(Cl)cc1N1CCC(NC(=O)NC(C)C(C)C)C1. The summed E-state index contributed by atoms with van der Waals surface area (Å²) in [5.41, 5.74) is 0.972. The van der Waals surface area contributed by atoms with Gasteiger partial charge in [-0.15, -0.1) is 0 Å². The average Bonchev–Trinajstić information content (AvgIpc) is 2.95. The average molecular weight is 340 g/mol. The zero-order valence-electron chi connectivity index (χ0n) is 14.2. The van der Waals surface area contributed by atoms with Crippen LogP contribution in [0.2, 0.25) is 5.02 Å². The summed E-state index contributed by atoms with van der Waals surface area (Å²) in [5, 5.41) is 6.71. The third-order valence-corrected chi connectivity index (χ3v) is 4.60. The highest BCUT2D eigenvalue weighted by Gasteiger charge is 2.26. The Labute approximate surface area is 143 Å². The first-order valence-electron chi connectivity index (χ1n) is 8.06. The van der Waals surface area contributed by atoms with Crippen molar-refractivity contribution in [3.8, 4) is 5.75 Å². The highest BCUT2D eigenvalue weighted by atomic mass is 35.5. The van der Waals surface area contributed by atoms with Crippen LogP contribution in [0.3, 0.4) is 0 Å². The van der Waals surface area contributed by atoms with Gasteiger partial charge in [0.15, 0.2) is 0 Å². The van der Waals surface area contributed by atoms with Crippen molar-refractivity contribution >= 4 is 23.3 Å². The van der Waals surface area contributed by atoms with Gasteiger partial charge in [-0.1, -0.05) is 25.4 Å². The van der Waals surface area contributed by atoms with E-state index in [1.807, 2.05) is 25.1 Å². The van der Waals surface area contributed by atoms with Gasteiger partial charge in [0, 0.05) is 30.2 Å². The summed E-state index contributed by atoms with van der Waals surface area (Å²) < 4.78 is 5.41. The largest absolute Gasteiger partial charge is 0.495 e. The summed E-state index contributed by atoms with van der Waals surface area (Å²) in [7, 11) is 1.65. The van der Waals surface area contributed by atoms with Gasteiger partial charge in [-0.3, -0.25) is 0 Å². The fourth-order valence-corrected chi connectivity index (χ4v) is 2.77. The number of hydrogen-bond acceptors (Lipinski definition) is 3. The van der Waals surface area contributed by atoms with Crippen molar-refractivity contribution in [2.75, 3.05) is 25.1 Å². The van der Waals surface area contributed by atoms with E-state index in [0.29, 0.717) is 10.9 Å². The zero-order chi connectivity index (χ0) is 17.0. The maximum Gasteiger partial charge on any atom is 0.315 e. The Balaban J connectivity index is 1.94. The number of methoxy groups -OCH3 is 1. The van der Waals surface area contributed by atoms with Crippen LogP contribution in [0.25, 0.3) is 0 Å². The van der Waals surface area contributed by atoms with Crippen molar-refractivity contribution in [2.45, 2.75) is 39.3 Å². The number of carbonyl (C=O) groups is 1. The van der Waals surface area contributed by atoms with E-state index >= 15 is 0 Å². The molecule has 2 rings (SSSR count). The molecule has 1 fully saturated rings. The minimum atomic E-state index is -0.101. The molecule has 2 unspecified atom stereocenters. The van der Waals surface area contributed by atoms with E-state index in [0.717, 1.165) is 30.9 Å². The minimum absolute atomic E-state index is 0.101. The van der Waals surface area contributed by atoms with Crippen LogP contribution in [-0.2, 0) is 0 Å². The Morgan fingerprint density at radius 1 is 1.39 bits per heavy atom. The highest BCUT2D eigenvalue weighted by Crippen LogP contribution is 2.33. The number of hydrogen-bond donors (Lipinski definition) is 2. The van der Waals surface area contributed by atoms with Gasteiger partial charge in [-0.25, -0.2) is 4.79 Å². The predicted octanol–water partition coefficient (Wildman–Crippen LogP) is 3.27. The molecule has 1 aliphatic heterocycles. The molecule has 1 aromatic carbocycles. The maximum absolute atomic E-state index is 12.0. The smallest absolute Gasteiger partial charge is 0.315 e. The third kappa shape index (κ3) is 4.67. The van der Waals surface area contributed by atoms with Crippen molar-refractivity contribution in [1.29, 1.82) is 0 Å². The molecule has 2 N–H and O–H groups in total. The van der Waals surface area contributed by atoms with Crippen molar-refractivity contribution in [3.63, 3.8) is 0 Å². The van der Waals surface area contributed by atoms with Crippen LogP contribution in [0.4, 0.5) is 10.5 Å².